The molecule has 1 atom stereocenters. The molecule has 2 rings (SSSR count). The van der Waals surface area contributed by atoms with Gasteiger partial charge in [-0.1, -0.05) is 12.1 Å². The first-order valence-electron chi connectivity index (χ1n) is 7.21. The minimum absolute atomic E-state index is 0.128. The van der Waals surface area contributed by atoms with Gasteiger partial charge in [0.15, 0.2) is 10.7 Å². The summed E-state index contributed by atoms with van der Waals surface area (Å²) in [6.07, 6.45) is 0.225. The maximum absolute atomic E-state index is 12.4. The van der Waals surface area contributed by atoms with Crippen molar-refractivity contribution in [2.45, 2.75) is 31.0 Å². The van der Waals surface area contributed by atoms with Crippen LogP contribution in [0.3, 0.4) is 0 Å². The summed E-state index contributed by atoms with van der Waals surface area (Å²) < 4.78 is 28.2. The smallest absolute Gasteiger partial charge is 0.309 e. The first-order chi connectivity index (χ1) is 10.4. The van der Waals surface area contributed by atoms with E-state index in [1.165, 1.54) is 7.11 Å². The van der Waals surface area contributed by atoms with E-state index >= 15 is 0 Å². The van der Waals surface area contributed by atoms with Gasteiger partial charge in [0.25, 0.3) is 0 Å². The van der Waals surface area contributed by atoms with Crippen LogP contribution in [-0.4, -0.2) is 42.4 Å². The second-order valence-electron chi connectivity index (χ2n) is 5.80. The van der Waals surface area contributed by atoms with Gasteiger partial charge in [-0.15, -0.1) is 0 Å². The van der Waals surface area contributed by atoms with Crippen molar-refractivity contribution in [2.75, 3.05) is 26.1 Å². The Bertz CT molecular complexity index is 490. The van der Waals surface area contributed by atoms with Crippen molar-refractivity contribution >= 4 is 17.1 Å². The van der Waals surface area contributed by atoms with Crippen LogP contribution < -0.4 is 0 Å². The zero-order valence-corrected chi connectivity index (χ0v) is 14.0. The van der Waals surface area contributed by atoms with Gasteiger partial charge in [-0.3, -0.25) is 4.79 Å². The Kier molecular flexibility index (Phi) is 5.86. The van der Waals surface area contributed by atoms with Gasteiger partial charge in [0, 0.05) is 0 Å². The van der Waals surface area contributed by atoms with Crippen LogP contribution in [0.5, 0.6) is 0 Å². The van der Waals surface area contributed by atoms with Crippen LogP contribution in [0.25, 0.3) is 0 Å². The summed E-state index contributed by atoms with van der Waals surface area (Å²) >= 11 is -1.10. The second-order valence-corrected chi connectivity index (χ2v) is 7.29. The van der Waals surface area contributed by atoms with Crippen molar-refractivity contribution in [3.8, 4) is 0 Å². The number of benzene rings is 1. The topological polar surface area (TPSA) is 67.8 Å². The monoisotopic (exact) mass is 326 g/mol. The van der Waals surface area contributed by atoms with E-state index in [1.807, 2.05) is 13.8 Å². The van der Waals surface area contributed by atoms with E-state index in [-0.39, 0.29) is 18.3 Å². The van der Waals surface area contributed by atoms with Crippen molar-refractivity contribution in [3.63, 3.8) is 0 Å². The molecule has 0 amide bonds. The Morgan fingerprint density at radius 1 is 1.32 bits per heavy atom. The number of hydrogen-bond donors (Lipinski definition) is 0. The van der Waals surface area contributed by atoms with E-state index in [9.17, 15) is 9.35 Å². The number of carbonyl (C=O) groups is 1. The molecule has 22 heavy (non-hydrogen) atoms. The molecule has 0 N–H and O–H groups in total. The highest BCUT2D eigenvalue weighted by molar-refractivity contribution is 7.91. The Morgan fingerprint density at radius 2 is 1.91 bits per heavy atom. The fourth-order valence-electron chi connectivity index (χ4n) is 2.13. The van der Waals surface area contributed by atoms with Gasteiger partial charge in [0.05, 0.1) is 32.7 Å². The molecule has 1 fully saturated rings. The van der Waals surface area contributed by atoms with Crippen LogP contribution >= 0.6 is 0 Å². The van der Waals surface area contributed by atoms with Crippen molar-refractivity contribution in [3.05, 3.63) is 29.8 Å². The van der Waals surface area contributed by atoms with Gasteiger partial charge in [-0.05, 0) is 42.7 Å². The zero-order valence-electron chi connectivity index (χ0n) is 13.2. The first kappa shape index (κ1) is 17.3. The molecule has 0 aliphatic carbocycles. The van der Waals surface area contributed by atoms with E-state index in [0.717, 1.165) is 10.5 Å². The molecule has 0 saturated carbocycles. The predicted molar refractivity (Wildman–Crippen MR) is 82.9 cm³/mol. The highest BCUT2D eigenvalue weighted by Crippen LogP contribution is 2.23. The standard InChI is InChI=1S/C16H22O5S/c1-16(2)20-9-13(10-21-16)11-22(18)14-6-4-12(5-7-14)8-15(17)19-3/h4-7,13H,8-11H2,1-3H3. The Hall–Kier alpha value is -1.08. The predicted octanol–water partition coefficient (Wildman–Crippen LogP) is 1.91. The summed E-state index contributed by atoms with van der Waals surface area (Å²) in [6.45, 7) is 4.86. The van der Waals surface area contributed by atoms with Gasteiger partial charge in [0.2, 0.25) is 0 Å². The van der Waals surface area contributed by atoms with Crippen LogP contribution in [0.15, 0.2) is 29.2 Å². The fourth-order valence-corrected chi connectivity index (χ4v) is 3.38. The third-order valence-electron chi connectivity index (χ3n) is 3.48. The van der Waals surface area contributed by atoms with Gasteiger partial charge in [-0.2, -0.15) is 0 Å². The number of hydrogen-bond acceptors (Lipinski definition) is 5. The largest absolute Gasteiger partial charge is 0.611 e. The molecule has 1 aliphatic rings. The second kappa shape index (κ2) is 7.46. The number of ether oxygens (including phenoxy) is 3. The SMILES string of the molecule is COC(=O)Cc1ccc([S+]([O-])CC2COC(C)(C)OC2)cc1. The van der Waals surface area contributed by atoms with E-state index in [4.69, 9.17) is 9.47 Å². The maximum atomic E-state index is 12.4. The molecule has 1 saturated heterocycles. The molecular formula is C16H22O5S. The average molecular weight is 326 g/mol. The third-order valence-corrected chi connectivity index (χ3v) is 5.05. The summed E-state index contributed by atoms with van der Waals surface area (Å²) in [5, 5.41) is 0. The van der Waals surface area contributed by atoms with Crippen LogP contribution in [0.4, 0.5) is 0 Å². The molecule has 1 heterocycles. The lowest BCUT2D eigenvalue weighted by molar-refractivity contribution is -0.259. The molecule has 6 heteroatoms. The minimum atomic E-state index is -1.10. The lowest BCUT2D eigenvalue weighted by Gasteiger charge is -2.34. The van der Waals surface area contributed by atoms with Crippen molar-refractivity contribution in [1.29, 1.82) is 0 Å². The normalized spacial score (nSPS) is 19.6. The van der Waals surface area contributed by atoms with E-state index in [1.54, 1.807) is 24.3 Å². The molecule has 5 nitrogen and oxygen atoms in total. The van der Waals surface area contributed by atoms with E-state index in [0.29, 0.717) is 19.0 Å². The van der Waals surface area contributed by atoms with Gasteiger partial charge < -0.3 is 18.8 Å². The van der Waals surface area contributed by atoms with Crippen molar-refractivity contribution in [2.24, 2.45) is 5.92 Å². The number of esters is 1. The summed E-state index contributed by atoms with van der Waals surface area (Å²) in [5.74, 6) is -0.198. The number of rotatable bonds is 5. The molecule has 0 aromatic heterocycles. The molecule has 1 aromatic rings. The molecule has 0 bridgehead atoms. The van der Waals surface area contributed by atoms with Crippen LogP contribution in [0.2, 0.25) is 0 Å². The summed E-state index contributed by atoms with van der Waals surface area (Å²) in [5.41, 5.74) is 0.846. The quantitative estimate of drug-likeness (QED) is 0.611. The van der Waals surface area contributed by atoms with E-state index in [2.05, 4.69) is 4.74 Å². The maximum Gasteiger partial charge on any atom is 0.309 e. The van der Waals surface area contributed by atoms with Gasteiger partial charge >= 0.3 is 5.97 Å². The summed E-state index contributed by atoms with van der Waals surface area (Å²) in [6, 6.07) is 7.20. The number of carbonyl (C=O) groups excluding carboxylic acids is 1. The summed E-state index contributed by atoms with van der Waals surface area (Å²) in [7, 11) is 1.36. The average Bonchev–Trinajstić information content (AvgIpc) is 2.50. The molecule has 1 aromatic carbocycles. The van der Waals surface area contributed by atoms with Crippen LogP contribution in [0, 0.1) is 5.92 Å². The Balaban J connectivity index is 1.87. The van der Waals surface area contributed by atoms with E-state index < -0.39 is 17.0 Å². The molecular weight excluding hydrogens is 304 g/mol. The Morgan fingerprint density at radius 3 is 2.45 bits per heavy atom. The third kappa shape index (κ3) is 4.98. The van der Waals surface area contributed by atoms with Crippen LogP contribution in [-0.2, 0) is 36.6 Å². The van der Waals surface area contributed by atoms with Crippen molar-refractivity contribution < 1.29 is 23.6 Å². The highest BCUT2D eigenvalue weighted by Gasteiger charge is 2.31. The van der Waals surface area contributed by atoms with Crippen molar-refractivity contribution in [1.82, 2.24) is 0 Å². The molecule has 1 unspecified atom stereocenters. The highest BCUT2D eigenvalue weighted by atomic mass is 32.2. The Labute approximate surface area is 134 Å². The summed E-state index contributed by atoms with van der Waals surface area (Å²) in [4.78, 5) is 12.0. The minimum Gasteiger partial charge on any atom is -0.611 e. The molecule has 0 spiro atoms. The lowest BCUT2D eigenvalue weighted by atomic mass is 10.1. The molecule has 0 radical (unpaired) electrons. The molecule has 1 aliphatic heterocycles. The number of methoxy groups -OCH3 is 1. The zero-order chi connectivity index (χ0) is 16.2. The molecule has 122 valence electrons. The first-order valence-corrected chi connectivity index (χ1v) is 8.53. The van der Waals surface area contributed by atoms with Crippen LogP contribution in [0.1, 0.15) is 19.4 Å². The van der Waals surface area contributed by atoms with Gasteiger partial charge in [0.1, 0.15) is 5.75 Å². The fraction of sp³-hybridized carbons (Fsp3) is 0.562. The lowest BCUT2D eigenvalue weighted by Crippen LogP contribution is -2.41. The van der Waals surface area contributed by atoms with Gasteiger partial charge in [-0.25, -0.2) is 0 Å².